The molecular formula is C57H99FN10O9. The lowest BCUT2D eigenvalue weighted by molar-refractivity contribution is -0.138. The number of likely N-dealkylation sites (tertiary alicyclic amines) is 1. The van der Waals surface area contributed by atoms with E-state index < -0.39 is 107 Å². The largest absolute Gasteiger partial charge is 0.353 e. The minimum absolute atomic E-state index is 0.00904. The zero-order valence-electron chi connectivity index (χ0n) is 49.8. The van der Waals surface area contributed by atoms with Crippen molar-refractivity contribution in [2.45, 2.75) is 196 Å². The molecule has 0 spiro atoms. The van der Waals surface area contributed by atoms with Crippen LogP contribution in [0.1, 0.15) is 172 Å². The Morgan fingerprint density at radius 3 is 1.71 bits per heavy atom. The first-order chi connectivity index (χ1) is 35.6. The summed E-state index contributed by atoms with van der Waals surface area (Å²) in [6.45, 7) is 27.6. The van der Waals surface area contributed by atoms with Gasteiger partial charge < -0.3 is 52.3 Å². The molecule has 2 fully saturated rings. The summed E-state index contributed by atoms with van der Waals surface area (Å²) in [7, 11) is 3.73. The van der Waals surface area contributed by atoms with Crippen molar-refractivity contribution in [3.8, 4) is 0 Å². The average Bonchev–Trinajstić information content (AvgIpc) is 3.71. The lowest BCUT2D eigenvalue weighted by Gasteiger charge is -2.33. The van der Waals surface area contributed by atoms with Gasteiger partial charge in [0.25, 0.3) is 5.91 Å². The standard InChI is InChI=1S/C49H79FN10O9.2C4H10/c1-30(2)25-36(41(64)57-49(8,9)46(69)58-48(6,7)44(67)51-23-24-59(10)11)54-38(61)27-53-45(68)47(4,5)56-39(62)28-52-40(63)35(22-17-32-15-13-12-14-16-32)55-42(65)37-26-31(3)29-60(37)43(66)33-18-20-34(50)21-19-33;2*1-4(2)3/h18-21,30-32,35-37H,12-17,22-29H2,1-11H3,(H,51,67)(H,52,63)(H,53,68)(H,54,61)(H,55,65)(H,56,62)(H,57,64)(H,58,69);2*4H,1-3H3/t31?,35-,36?,37-;;/m0../s1. The number of rotatable bonds is 24. The number of hydrogen-bond acceptors (Lipinski definition) is 10. The Morgan fingerprint density at radius 2 is 1.17 bits per heavy atom. The van der Waals surface area contributed by atoms with Crippen LogP contribution in [0.25, 0.3) is 0 Å². The van der Waals surface area contributed by atoms with Crippen LogP contribution in [0.4, 0.5) is 4.39 Å². The van der Waals surface area contributed by atoms with Crippen molar-refractivity contribution in [2.24, 2.45) is 29.6 Å². The molecule has 8 N–H and O–H groups in total. The third kappa shape index (κ3) is 27.0. The molecule has 20 heteroatoms. The van der Waals surface area contributed by atoms with Gasteiger partial charge in [0.1, 0.15) is 40.6 Å². The van der Waals surface area contributed by atoms with Crippen LogP contribution in [0.2, 0.25) is 0 Å². The summed E-state index contributed by atoms with van der Waals surface area (Å²) >= 11 is 0. The van der Waals surface area contributed by atoms with E-state index in [1.54, 1.807) is 13.8 Å². The number of nitrogens with one attached hydrogen (secondary N) is 8. The predicted molar refractivity (Wildman–Crippen MR) is 299 cm³/mol. The minimum Gasteiger partial charge on any atom is -0.353 e. The van der Waals surface area contributed by atoms with Gasteiger partial charge in [0, 0.05) is 25.2 Å². The van der Waals surface area contributed by atoms with Gasteiger partial charge >= 0.3 is 0 Å². The highest BCUT2D eigenvalue weighted by atomic mass is 19.1. The molecule has 2 aliphatic rings. The fraction of sp³-hybridized carbons (Fsp3) is 0.737. The van der Waals surface area contributed by atoms with E-state index in [1.165, 1.54) is 56.9 Å². The first kappa shape index (κ1) is 69.4. The second-order valence-electron chi connectivity index (χ2n) is 24.5. The Balaban J connectivity index is 0.00000345. The molecular weight excluding hydrogens is 988 g/mol. The van der Waals surface area contributed by atoms with E-state index in [2.05, 4.69) is 84.1 Å². The van der Waals surface area contributed by atoms with Crippen LogP contribution < -0.4 is 42.5 Å². The number of hydrogen-bond donors (Lipinski definition) is 8. The molecule has 77 heavy (non-hydrogen) atoms. The molecule has 4 atom stereocenters. The van der Waals surface area contributed by atoms with Crippen LogP contribution in [-0.4, -0.2) is 145 Å². The molecule has 1 aromatic carbocycles. The summed E-state index contributed by atoms with van der Waals surface area (Å²) in [5, 5.41) is 21.2. The van der Waals surface area contributed by atoms with Gasteiger partial charge in [-0.2, -0.15) is 0 Å². The molecule has 1 aromatic rings. The van der Waals surface area contributed by atoms with Gasteiger partial charge in [-0.1, -0.05) is 94.4 Å². The van der Waals surface area contributed by atoms with Crippen molar-refractivity contribution in [2.75, 3.05) is 46.8 Å². The molecule has 0 radical (unpaired) electrons. The van der Waals surface area contributed by atoms with Gasteiger partial charge in [-0.05, 0) is 135 Å². The summed E-state index contributed by atoms with van der Waals surface area (Å²) in [6, 6.07) is 2.11. The first-order valence-corrected chi connectivity index (χ1v) is 27.7. The highest BCUT2D eigenvalue weighted by molar-refractivity contribution is 6.00. The topological polar surface area (TPSA) is 256 Å². The fourth-order valence-corrected chi connectivity index (χ4v) is 8.32. The summed E-state index contributed by atoms with van der Waals surface area (Å²) in [5.41, 5.74) is -4.13. The molecule has 0 aromatic heterocycles. The van der Waals surface area contributed by atoms with Crippen LogP contribution in [0.5, 0.6) is 0 Å². The number of carbonyl (C=O) groups excluding carboxylic acids is 9. The van der Waals surface area contributed by atoms with Crippen LogP contribution in [0.15, 0.2) is 24.3 Å². The minimum atomic E-state index is -1.57. The second kappa shape index (κ2) is 32.9. The number of amides is 9. The van der Waals surface area contributed by atoms with Crippen molar-refractivity contribution < 1.29 is 47.5 Å². The third-order valence-corrected chi connectivity index (χ3v) is 12.4. The first-order valence-electron chi connectivity index (χ1n) is 27.7. The summed E-state index contributed by atoms with van der Waals surface area (Å²) < 4.78 is 13.6. The molecule has 3 rings (SSSR count). The molecule has 0 bridgehead atoms. The molecule has 1 heterocycles. The number of benzene rings is 1. The maximum Gasteiger partial charge on any atom is 0.254 e. The average molecular weight is 1090 g/mol. The van der Waals surface area contributed by atoms with Gasteiger partial charge in [-0.15, -0.1) is 0 Å². The normalized spacial score (nSPS) is 16.7. The Morgan fingerprint density at radius 1 is 0.649 bits per heavy atom. The van der Waals surface area contributed by atoms with Crippen LogP contribution in [0.3, 0.4) is 0 Å². The lowest BCUT2D eigenvalue weighted by atomic mass is 9.85. The molecule has 438 valence electrons. The Labute approximate surface area is 460 Å². The monoisotopic (exact) mass is 1090 g/mol. The summed E-state index contributed by atoms with van der Waals surface area (Å²) in [4.78, 5) is 124. The number of carbonyl (C=O) groups is 9. The molecule has 19 nitrogen and oxygen atoms in total. The fourth-order valence-electron chi connectivity index (χ4n) is 8.32. The summed E-state index contributed by atoms with van der Waals surface area (Å²) in [5.74, 6) is -3.94. The zero-order valence-corrected chi connectivity index (χ0v) is 49.8. The highest BCUT2D eigenvalue weighted by Crippen LogP contribution is 2.29. The Hall–Kier alpha value is -5.66. The van der Waals surface area contributed by atoms with E-state index in [9.17, 15) is 47.5 Å². The van der Waals surface area contributed by atoms with E-state index >= 15 is 0 Å². The van der Waals surface area contributed by atoms with Crippen molar-refractivity contribution in [3.05, 3.63) is 35.6 Å². The zero-order chi connectivity index (χ0) is 59.0. The third-order valence-electron chi connectivity index (χ3n) is 12.4. The van der Waals surface area contributed by atoms with Crippen molar-refractivity contribution in [1.29, 1.82) is 0 Å². The van der Waals surface area contributed by atoms with Crippen molar-refractivity contribution in [1.82, 2.24) is 52.3 Å². The van der Waals surface area contributed by atoms with Crippen LogP contribution >= 0.6 is 0 Å². The van der Waals surface area contributed by atoms with Gasteiger partial charge in [0.2, 0.25) is 47.3 Å². The highest BCUT2D eigenvalue weighted by Gasteiger charge is 2.41. The SMILES string of the molecule is CC(C)C.CC(C)C.CC(C)CC(NC(=O)CNC(=O)C(C)(C)NC(=O)CNC(=O)[C@H](CCC1CCCCC1)NC(=O)[C@@H]1CC(C)CN1C(=O)c1ccc(F)cc1)C(=O)NC(C)(C)C(=O)NC(C)(C)C(=O)NCCN(C)C. The van der Waals surface area contributed by atoms with Crippen LogP contribution in [0, 0.1) is 35.4 Å². The maximum absolute atomic E-state index is 13.8. The van der Waals surface area contributed by atoms with Gasteiger partial charge in [-0.3, -0.25) is 43.2 Å². The van der Waals surface area contributed by atoms with Crippen molar-refractivity contribution in [3.63, 3.8) is 0 Å². The van der Waals surface area contributed by atoms with E-state index in [1.807, 2.05) is 39.8 Å². The lowest BCUT2D eigenvalue weighted by Crippen LogP contribution is -2.64. The second-order valence-corrected chi connectivity index (χ2v) is 24.5. The van der Waals surface area contributed by atoms with Crippen molar-refractivity contribution >= 4 is 53.2 Å². The maximum atomic E-state index is 13.8. The number of nitrogens with zero attached hydrogens (tertiary/aromatic N) is 2. The van der Waals surface area contributed by atoms with E-state index in [-0.39, 0.29) is 23.8 Å². The molecule has 1 aliphatic heterocycles. The van der Waals surface area contributed by atoms with Gasteiger partial charge in [0.05, 0.1) is 13.1 Å². The van der Waals surface area contributed by atoms with E-state index in [0.717, 1.165) is 43.9 Å². The molecule has 9 amide bonds. The Kier molecular flexibility index (Phi) is 29.7. The van der Waals surface area contributed by atoms with E-state index in [4.69, 9.17) is 0 Å². The Bertz CT molecular complexity index is 2080. The molecule has 1 saturated heterocycles. The van der Waals surface area contributed by atoms with E-state index in [0.29, 0.717) is 44.8 Å². The molecule has 1 saturated carbocycles. The van der Waals surface area contributed by atoms with Crippen LogP contribution in [-0.2, 0) is 38.4 Å². The molecule has 1 aliphatic carbocycles. The molecule has 2 unspecified atom stereocenters. The quantitative estimate of drug-likeness (QED) is 0.0690. The summed E-state index contributed by atoms with van der Waals surface area (Å²) in [6.07, 6.45) is 6.86. The predicted octanol–water partition coefficient (Wildman–Crippen LogP) is 4.97. The number of likely N-dealkylation sites (N-methyl/N-ethyl adjacent to an activating group) is 1. The van der Waals surface area contributed by atoms with Gasteiger partial charge in [-0.25, -0.2) is 4.39 Å². The smallest absolute Gasteiger partial charge is 0.254 e. The number of halogens is 1. The van der Waals surface area contributed by atoms with Gasteiger partial charge in [0.15, 0.2) is 0 Å².